The molecule has 0 unspecified atom stereocenters. The molecule has 0 amide bonds. The summed E-state index contributed by atoms with van der Waals surface area (Å²) in [6.07, 6.45) is 3.10. The van der Waals surface area contributed by atoms with Gasteiger partial charge in [-0.2, -0.15) is 0 Å². The fraction of sp³-hybridized carbons (Fsp3) is 0.350. The highest BCUT2D eigenvalue weighted by molar-refractivity contribution is 6.30. The van der Waals surface area contributed by atoms with Gasteiger partial charge in [-0.15, -0.1) is 0 Å². The van der Waals surface area contributed by atoms with Crippen LogP contribution in [0.2, 0.25) is 5.02 Å². The number of hydrogen-bond donors (Lipinski definition) is 0. The van der Waals surface area contributed by atoms with E-state index >= 15 is 0 Å². The number of ether oxygens (including phenoxy) is 1. The highest BCUT2D eigenvalue weighted by Gasteiger charge is 2.26. The molecular formula is C20H21ClN2O3. The lowest BCUT2D eigenvalue weighted by molar-refractivity contribution is 0.0525. The van der Waals surface area contributed by atoms with E-state index in [1.165, 1.54) is 6.20 Å². The van der Waals surface area contributed by atoms with E-state index in [-0.39, 0.29) is 17.7 Å². The Morgan fingerprint density at radius 1 is 1.12 bits per heavy atom. The Kier molecular flexibility index (Phi) is 5.89. The maximum Gasteiger partial charge on any atom is 0.339 e. The van der Waals surface area contributed by atoms with Crippen molar-refractivity contribution in [3.8, 4) is 0 Å². The molecule has 136 valence electrons. The van der Waals surface area contributed by atoms with Crippen LogP contribution in [0, 0.1) is 5.92 Å². The highest BCUT2D eigenvalue weighted by atomic mass is 35.5. The van der Waals surface area contributed by atoms with E-state index in [1.807, 2.05) is 6.07 Å². The molecule has 3 rings (SSSR count). The summed E-state index contributed by atoms with van der Waals surface area (Å²) in [7, 11) is 0. The second-order valence-electron chi connectivity index (χ2n) is 6.26. The van der Waals surface area contributed by atoms with Crippen molar-refractivity contribution < 1.29 is 14.3 Å². The van der Waals surface area contributed by atoms with Crippen LogP contribution in [0.5, 0.6) is 0 Å². The Hall–Kier alpha value is -2.40. The number of anilines is 1. The minimum atomic E-state index is -0.362. The number of pyridine rings is 1. The molecule has 0 saturated carbocycles. The molecule has 1 aliphatic heterocycles. The third kappa shape index (κ3) is 4.22. The summed E-state index contributed by atoms with van der Waals surface area (Å²) in [4.78, 5) is 30.8. The van der Waals surface area contributed by atoms with E-state index < -0.39 is 0 Å². The first-order valence-corrected chi connectivity index (χ1v) is 9.14. The smallest absolute Gasteiger partial charge is 0.339 e. The average Bonchev–Trinajstić information content (AvgIpc) is 2.68. The predicted molar refractivity (Wildman–Crippen MR) is 101 cm³/mol. The summed E-state index contributed by atoms with van der Waals surface area (Å²) in [6.45, 7) is 3.64. The molecule has 0 bridgehead atoms. The molecule has 5 nitrogen and oxygen atoms in total. The van der Waals surface area contributed by atoms with Crippen molar-refractivity contribution >= 4 is 29.2 Å². The fourth-order valence-electron chi connectivity index (χ4n) is 3.13. The van der Waals surface area contributed by atoms with Gasteiger partial charge in [-0.3, -0.25) is 4.79 Å². The van der Waals surface area contributed by atoms with Crippen LogP contribution in [0.1, 0.15) is 40.5 Å². The maximum atomic E-state index is 12.6. The fourth-order valence-corrected chi connectivity index (χ4v) is 3.25. The van der Waals surface area contributed by atoms with Crippen LogP contribution in [0.4, 0.5) is 5.82 Å². The summed E-state index contributed by atoms with van der Waals surface area (Å²) in [5, 5.41) is 0.633. The molecule has 6 heteroatoms. The zero-order valence-electron chi connectivity index (χ0n) is 14.7. The predicted octanol–water partition coefficient (Wildman–Crippen LogP) is 4.01. The summed E-state index contributed by atoms with van der Waals surface area (Å²) in [5.74, 6) is 0.646. The number of carbonyl (C=O) groups excluding carboxylic acids is 2. The number of rotatable bonds is 5. The molecule has 2 heterocycles. The number of hydrogen-bond acceptors (Lipinski definition) is 5. The number of aromatic nitrogens is 1. The molecule has 0 aliphatic carbocycles. The molecule has 1 aromatic heterocycles. The molecule has 0 radical (unpaired) electrons. The Balaban J connectivity index is 1.59. The minimum absolute atomic E-state index is 0.0197. The van der Waals surface area contributed by atoms with Crippen LogP contribution in [0.25, 0.3) is 0 Å². The second kappa shape index (κ2) is 8.32. The third-order valence-corrected chi connectivity index (χ3v) is 4.83. The Bertz CT molecular complexity index is 767. The zero-order valence-corrected chi connectivity index (χ0v) is 15.4. The summed E-state index contributed by atoms with van der Waals surface area (Å²) in [5.41, 5.74) is 1.16. The number of carbonyl (C=O) groups is 2. The molecule has 0 N–H and O–H groups in total. The Labute approximate surface area is 157 Å². The first kappa shape index (κ1) is 18.4. The monoisotopic (exact) mass is 372 g/mol. The van der Waals surface area contributed by atoms with Gasteiger partial charge < -0.3 is 9.64 Å². The van der Waals surface area contributed by atoms with Crippen LogP contribution >= 0.6 is 11.6 Å². The molecular weight excluding hydrogens is 352 g/mol. The Morgan fingerprint density at radius 2 is 1.77 bits per heavy atom. The minimum Gasteiger partial charge on any atom is -0.462 e. The number of benzene rings is 1. The maximum absolute atomic E-state index is 12.6. The van der Waals surface area contributed by atoms with Gasteiger partial charge in [0.05, 0.1) is 12.2 Å². The summed E-state index contributed by atoms with van der Waals surface area (Å²) in [6, 6.07) is 10.6. The largest absolute Gasteiger partial charge is 0.462 e. The number of esters is 1. The van der Waals surface area contributed by atoms with Gasteiger partial charge in [-0.05, 0) is 56.2 Å². The first-order chi connectivity index (χ1) is 12.6. The van der Waals surface area contributed by atoms with Crippen LogP contribution in [-0.4, -0.2) is 36.4 Å². The van der Waals surface area contributed by atoms with E-state index in [2.05, 4.69) is 9.88 Å². The Morgan fingerprint density at radius 3 is 2.35 bits per heavy atom. The van der Waals surface area contributed by atoms with Crippen LogP contribution in [-0.2, 0) is 4.74 Å². The van der Waals surface area contributed by atoms with Crippen LogP contribution in [0.3, 0.4) is 0 Å². The van der Waals surface area contributed by atoms with Gasteiger partial charge in [0.15, 0.2) is 5.78 Å². The van der Waals surface area contributed by atoms with Gasteiger partial charge in [0.25, 0.3) is 0 Å². The second-order valence-corrected chi connectivity index (χ2v) is 6.69. The van der Waals surface area contributed by atoms with Gasteiger partial charge in [0, 0.05) is 35.8 Å². The van der Waals surface area contributed by atoms with Crippen molar-refractivity contribution in [1.29, 1.82) is 0 Å². The van der Waals surface area contributed by atoms with Gasteiger partial charge in [-0.25, -0.2) is 9.78 Å². The lowest BCUT2D eigenvalue weighted by Crippen LogP contribution is -2.36. The number of Topliss-reactive ketones (excluding diaryl/α,β-unsaturated/α-hetero) is 1. The van der Waals surface area contributed by atoms with E-state index in [4.69, 9.17) is 16.3 Å². The SMILES string of the molecule is CCOC(=O)c1ccc(N2CCC(C(=O)c3ccc(Cl)cc3)CC2)nc1. The topological polar surface area (TPSA) is 59.5 Å². The van der Waals surface area contributed by atoms with Gasteiger partial charge in [0.1, 0.15) is 5.82 Å². The standard InChI is InChI=1S/C20H21ClN2O3/c1-2-26-20(25)16-5-8-18(22-13-16)23-11-9-15(10-12-23)19(24)14-3-6-17(21)7-4-14/h3-8,13,15H,2,9-12H2,1H3. The first-order valence-electron chi connectivity index (χ1n) is 8.76. The van der Waals surface area contributed by atoms with E-state index in [0.717, 1.165) is 31.7 Å². The van der Waals surface area contributed by atoms with E-state index in [0.29, 0.717) is 22.8 Å². The van der Waals surface area contributed by atoms with Crippen molar-refractivity contribution in [2.45, 2.75) is 19.8 Å². The number of ketones is 1. The normalized spacial score (nSPS) is 14.9. The van der Waals surface area contributed by atoms with Crippen molar-refractivity contribution in [3.63, 3.8) is 0 Å². The molecule has 26 heavy (non-hydrogen) atoms. The summed E-state index contributed by atoms with van der Waals surface area (Å²) >= 11 is 5.88. The number of halogens is 1. The van der Waals surface area contributed by atoms with Crippen molar-refractivity contribution in [2.75, 3.05) is 24.6 Å². The van der Waals surface area contributed by atoms with Crippen molar-refractivity contribution in [2.24, 2.45) is 5.92 Å². The van der Waals surface area contributed by atoms with E-state index in [1.54, 1.807) is 37.3 Å². The van der Waals surface area contributed by atoms with Gasteiger partial charge >= 0.3 is 5.97 Å². The molecule has 1 fully saturated rings. The molecule has 2 aromatic rings. The average molecular weight is 373 g/mol. The van der Waals surface area contributed by atoms with Crippen LogP contribution < -0.4 is 4.90 Å². The van der Waals surface area contributed by atoms with Gasteiger partial charge in [0.2, 0.25) is 0 Å². The quantitative estimate of drug-likeness (QED) is 0.586. The summed E-state index contributed by atoms with van der Waals surface area (Å²) < 4.78 is 4.96. The number of nitrogens with zero attached hydrogens (tertiary/aromatic N) is 2. The van der Waals surface area contributed by atoms with Crippen LogP contribution in [0.15, 0.2) is 42.6 Å². The van der Waals surface area contributed by atoms with E-state index in [9.17, 15) is 9.59 Å². The highest BCUT2D eigenvalue weighted by Crippen LogP contribution is 2.25. The van der Waals surface area contributed by atoms with Gasteiger partial charge in [-0.1, -0.05) is 11.6 Å². The lowest BCUT2D eigenvalue weighted by Gasteiger charge is -2.32. The molecule has 1 aromatic carbocycles. The molecule has 0 atom stereocenters. The lowest BCUT2D eigenvalue weighted by atomic mass is 9.89. The van der Waals surface area contributed by atoms with Crippen molar-refractivity contribution in [3.05, 3.63) is 58.7 Å². The van der Waals surface area contributed by atoms with Crippen molar-refractivity contribution in [1.82, 2.24) is 4.98 Å². The zero-order chi connectivity index (χ0) is 18.5. The number of piperidine rings is 1. The molecule has 1 aliphatic rings. The molecule has 1 saturated heterocycles. The third-order valence-electron chi connectivity index (χ3n) is 4.58. The molecule has 0 spiro atoms.